The lowest BCUT2D eigenvalue weighted by Crippen LogP contribution is -2.23. The van der Waals surface area contributed by atoms with Crippen molar-refractivity contribution in [1.82, 2.24) is 5.32 Å². The summed E-state index contributed by atoms with van der Waals surface area (Å²) >= 11 is 0. The van der Waals surface area contributed by atoms with Crippen molar-refractivity contribution in [1.29, 1.82) is 0 Å². The Balaban J connectivity index is 1.86. The highest BCUT2D eigenvalue weighted by molar-refractivity contribution is 5.48. The highest BCUT2D eigenvalue weighted by Crippen LogP contribution is 2.34. The van der Waals surface area contributed by atoms with Crippen molar-refractivity contribution >= 4 is 0 Å². The van der Waals surface area contributed by atoms with Crippen LogP contribution < -0.4 is 14.8 Å². The van der Waals surface area contributed by atoms with Crippen LogP contribution in [0.3, 0.4) is 0 Å². The predicted octanol–water partition coefficient (Wildman–Crippen LogP) is 1.92. The summed E-state index contributed by atoms with van der Waals surface area (Å²) in [5.41, 5.74) is 2.65. The molecule has 1 aromatic carbocycles. The maximum atomic E-state index is 5.57. The summed E-state index contributed by atoms with van der Waals surface area (Å²) in [6, 6.07) is 4.93. The molecule has 0 bridgehead atoms. The molecule has 2 aliphatic heterocycles. The van der Waals surface area contributed by atoms with Crippen LogP contribution in [0.25, 0.3) is 0 Å². The smallest absolute Gasteiger partial charge is 0.126 e. The predicted molar refractivity (Wildman–Crippen MR) is 66.9 cm³/mol. The van der Waals surface area contributed by atoms with E-state index in [4.69, 9.17) is 9.47 Å². The highest BCUT2D eigenvalue weighted by atomic mass is 16.5. The average molecular weight is 233 g/mol. The zero-order valence-electron chi connectivity index (χ0n) is 10.3. The standard InChI is InChI=1S/C14H19NO2/c1-16-13-9-14-10(4-6-17-14)7-11(13)8-12-3-2-5-15-12/h7,9,12,15H,2-6,8H2,1H3. The van der Waals surface area contributed by atoms with Crippen molar-refractivity contribution in [2.75, 3.05) is 20.3 Å². The number of ether oxygens (including phenoxy) is 2. The van der Waals surface area contributed by atoms with Gasteiger partial charge < -0.3 is 14.8 Å². The summed E-state index contributed by atoms with van der Waals surface area (Å²) in [5.74, 6) is 1.98. The molecule has 0 saturated carbocycles. The number of benzene rings is 1. The zero-order chi connectivity index (χ0) is 11.7. The van der Waals surface area contributed by atoms with Gasteiger partial charge in [-0.15, -0.1) is 0 Å². The van der Waals surface area contributed by atoms with Crippen LogP contribution in [0.5, 0.6) is 11.5 Å². The van der Waals surface area contributed by atoms with Crippen LogP contribution in [-0.2, 0) is 12.8 Å². The molecule has 2 heterocycles. The molecule has 3 heteroatoms. The summed E-state index contributed by atoms with van der Waals surface area (Å²) in [7, 11) is 1.74. The molecule has 0 spiro atoms. The van der Waals surface area contributed by atoms with E-state index in [0.717, 1.165) is 37.5 Å². The molecule has 1 aromatic rings. The molecule has 2 aliphatic rings. The largest absolute Gasteiger partial charge is 0.496 e. The van der Waals surface area contributed by atoms with E-state index in [0.29, 0.717) is 6.04 Å². The number of methoxy groups -OCH3 is 1. The summed E-state index contributed by atoms with van der Waals surface area (Å²) in [6.45, 7) is 1.96. The summed E-state index contributed by atoms with van der Waals surface area (Å²) in [6.07, 6.45) is 4.67. The van der Waals surface area contributed by atoms with E-state index in [-0.39, 0.29) is 0 Å². The number of rotatable bonds is 3. The van der Waals surface area contributed by atoms with Gasteiger partial charge in [0.15, 0.2) is 0 Å². The lowest BCUT2D eigenvalue weighted by atomic mass is 10.0. The van der Waals surface area contributed by atoms with Crippen LogP contribution in [0.1, 0.15) is 24.0 Å². The molecule has 0 aliphatic carbocycles. The number of hydrogen-bond acceptors (Lipinski definition) is 3. The molecule has 0 amide bonds. The van der Waals surface area contributed by atoms with Gasteiger partial charge in [0.25, 0.3) is 0 Å². The highest BCUT2D eigenvalue weighted by Gasteiger charge is 2.20. The lowest BCUT2D eigenvalue weighted by molar-refractivity contribution is 0.352. The van der Waals surface area contributed by atoms with Crippen molar-refractivity contribution in [2.24, 2.45) is 0 Å². The third-order valence-electron chi connectivity index (χ3n) is 3.72. The van der Waals surface area contributed by atoms with Crippen LogP contribution >= 0.6 is 0 Å². The Bertz CT molecular complexity index is 411. The van der Waals surface area contributed by atoms with E-state index in [2.05, 4.69) is 11.4 Å². The maximum Gasteiger partial charge on any atom is 0.126 e. The normalized spacial score (nSPS) is 22.3. The second-order valence-corrected chi connectivity index (χ2v) is 4.87. The Labute approximate surface area is 102 Å². The van der Waals surface area contributed by atoms with Crippen LogP contribution in [0.4, 0.5) is 0 Å². The van der Waals surface area contributed by atoms with Gasteiger partial charge in [-0.2, -0.15) is 0 Å². The molecule has 0 aromatic heterocycles. The Morgan fingerprint density at radius 1 is 1.47 bits per heavy atom. The van der Waals surface area contributed by atoms with Gasteiger partial charge in [-0.3, -0.25) is 0 Å². The molecule has 3 nitrogen and oxygen atoms in total. The summed E-state index contributed by atoms with van der Waals surface area (Å²) in [4.78, 5) is 0. The fourth-order valence-corrected chi connectivity index (χ4v) is 2.80. The van der Waals surface area contributed by atoms with Crippen molar-refractivity contribution < 1.29 is 9.47 Å². The summed E-state index contributed by atoms with van der Waals surface area (Å²) < 4.78 is 11.0. The lowest BCUT2D eigenvalue weighted by Gasteiger charge is -2.14. The molecule has 17 heavy (non-hydrogen) atoms. The minimum absolute atomic E-state index is 0.615. The minimum Gasteiger partial charge on any atom is -0.496 e. The van der Waals surface area contributed by atoms with Gasteiger partial charge in [-0.1, -0.05) is 0 Å². The van der Waals surface area contributed by atoms with Gasteiger partial charge in [0.1, 0.15) is 11.5 Å². The second-order valence-electron chi connectivity index (χ2n) is 4.87. The van der Waals surface area contributed by atoms with Gasteiger partial charge in [0, 0.05) is 18.5 Å². The fraction of sp³-hybridized carbons (Fsp3) is 0.571. The molecule has 1 saturated heterocycles. The van der Waals surface area contributed by atoms with Crippen LogP contribution in [-0.4, -0.2) is 26.3 Å². The first-order valence-corrected chi connectivity index (χ1v) is 6.43. The molecule has 0 radical (unpaired) electrons. The van der Waals surface area contributed by atoms with E-state index in [9.17, 15) is 0 Å². The Morgan fingerprint density at radius 2 is 2.41 bits per heavy atom. The molecule has 1 fully saturated rings. The first kappa shape index (κ1) is 10.9. The Morgan fingerprint density at radius 3 is 3.18 bits per heavy atom. The molecule has 3 rings (SSSR count). The van der Waals surface area contributed by atoms with Gasteiger partial charge in [0.2, 0.25) is 0 Å². The molecule has 1 N–H and O–H groups in total. The van der Waals surface area contributed by atoms with Crippen LogP contribution in [0, 0.1) is 0 Å². The van der Waals surface area contributed by atoms with E-state index < -0.39 is 0 Å². The zero-order valence-corrected chi connectivity index (χ0v) is 10.3. The van der Waals surface area contributed by atoms with Crippen molar-refractivity contribution in [2.45, 2.75) is 31.7 Å². The Hall–Kier alpha value is -1.22. The van der Waals surface area contributed by atoms with Gasteiger partial charge in [-0.25, -0.2) is 0 Å². The van der Waals surface area contributed by atoms with Gasteiger partial charge >= 0.3 is 0 Å². The van der Waals surface area contributed by atoms with E-state index in [1.807, 2.05) is 6.07 Å². The number of fused-ring (bicyclic) bond motifs is 1. The molecular weight excluding hydrogens is 214 g/mol. The van der Waals surface area contributed by atoms with Gasteiger partial charge in [-0.05, 0) is 43.0 Å². The third-order valence-corrected chi connectivity index (χ3v) is 3.72. The molecule has 1 atom stereocenters. The number of nitrogens with one attached hydrogen (secondary N) is 1. The van der Waals surface area contributed by atoms with E-state index in [1.54, 1.807) is 7.11 Å². The number of hydrogen-bond donors (Lipinski definition) is 1. The first-order chi connectivity index (χ1) is 8.36. The van der Waals surface area contributed by atoms with E-state index >= 15 is 0 Å². The molecular formula is C14H19NO2. The Kier molecular flexibility index (Phi) is 2.93. The molecule has 92 valence electrons. The maximum absolute atomic E-state index is 5.57. The van der Waals surface area contributed by atoms with Crippen molar-refractivity contribution in [3.63, 3.8) is 0 Å². The quantitative estimate of drug-likeness (QED) is 0.865. The fourth-order valence-electron chi connectivity index (χ4n) is 2.80. The monoisotopic (exact) mass is 233 g/mol. The minimum atomic E-state index is 0.615. The second kappa shape index (κ2) is 4.57. The van der Waals surface area contributed by atoms with Crippen molar-refractivity contribution in [3.8, 4) is 11.5 Å². The van der Waals surface area contributed by atoms with Crippen LogP contribution in [0.15, 0.2) is 12.1 Å². The van der Waals surface area contributed by atoms with Gasteiger partial charge in [0.05, 0.1) is 13.7 Å². The van der Waals surface area contributed by atoms with Crippen LogP contribution in [0.2, 0.25) is 0 Å². The third kappa shape index (κ3) is 2.12. The first-order valence-electron chi connectivity index (χ1n) is 6.43. The topological polar surface area (TPSA) is 30.5 Å². The van der Waals surface area contributed by atoms with Crippen molar-refractivity contribution in [3.05, 3.63) is 23.3 Å². The SMILES string of the molecule is COc1cc2c(cc1CC1CCCN1)CCO2. The average Bonchev–Trinajstić information content (AvgIpc) is 2.98. The molecule has 1 unspecified atom stereocenters. The van der Waals surface area contributed by atoms with E-state index in [1.165, 1.54) is 24.0 Å². The summed E-state index contributed by atoms with van der Waals surface area (Å²) in [5, 5.41) is 3.54.